The smallest absolute Gasteiger partial charge is 0.409 e. The number of carbonyl (C=O) groups excluding carboxylic acids is 2. The van der Waals surface area contributed by atoms with Gasteiger partial charge in [0, 0.05) is 31.7 Å². The lowest BCUT2D eigenvalue weighted by Crippen LogP contribution is -2.50. The molecule has 0 aromatic heterocycles. The third kappa shape index (κ3) is 6.18. The summed E-state index contributed by atoms with van der Waals surface area (Å²) in [6.45, 7) is 4.06. The highest BCUT2D eigenvalue weighted by Gasteiger charge is 2.26. The second-order valence-corrected chi connectivity index (χ2v) is 8.77. The van der Waals surface area contributed by atoms with Gasteiger partial charge in [-0.1, -0.05) is 32.1 Å². The highest BCUT2D eigenvalue weighted by atomic mass is 32.2. The number of rotatable bonds is 6. The lowest BCUT2D eigenvalue weighted by atomic mass is 9.87. The molecule has 2 N–H and O–H groups in total. The molecule has 2 fully saturated rings. The third-order valence-corrected chi connectivity index (χ3v) is 6.37. The largest absolute Gasteiger partial charge is 0.449 e. The van der Waals surface area contributed by atoms with E-state index in [2.05, 4.69) is 4.72 Å². The van der Waals surface area contributed by atoms with Crippen molar-refractivity contribution < 1.29 is 23.1 Å². The molecule has 9 heteroatoms. The van der Waals surface area contributed by atoms with Crippen molar-refractivity contribution in [1.29, 1.82) is 0 Å². The fraction of sp³-hybridized carbons (Fsp3) is 0.619. The molecule has 0 spiro atoms. The lowest BCUT2D eigenvalue weighted by Gasteiger charge is -2.34. The van der Waals surface area contributed by atoms with Crippen molar-refractivity contribution in [2.75, 3.05) is 37.5 Å². The fourth-order valence-electron chi connectivity index (χ4n) is 4.16. The maximum Gasteiger partial charge on any atom is 0.409 e. The Bertz CT molecular complexity index is 774. The van der Waals surface area contributed by atoms with Crippen LogP contribution in [0, 0.1) is 12.8 Å². The van der Waals surface area contributed by atoms with Crippen LogP contribution >= 0.6 is 0 Å². The number of aryl methyl sites for hydroxylation is 1. The number of anilines is 1. The summed E-state index contributed by atoms with van der Waals surface area (Å²) in [6, 6.07) is 4.95. The van der Waals surface area contributed by atoms with Gasteiger partial charge in [-0.15, -0.1) is 0 Å². The summed E-state index contributed by atoms with van der Waals surface area (Å²) in [4.78, 5) is 28.5. The number of nitrogens with one attached hydrogen (secondary N) is 1. The molecule has 1 aliphatic heterocycles. The van der Waals surface area contributed by atoms with E-state index in [1.807, 2.05) is 0 Å². The molecule has 30 heavy (non-hydrogen) atoms. The van der Waals surface area contributed by atoms with E-state index in [0.29, 0.717) is 55.5 Å². The predicted molar refractivity (Wildman–Crippen MR) is 116 cm³/mol. The molecular formula is C21H31N3O5S. The molecule has 2 amide bonds. The van der Waals surface area contributed by atoms with Gasteiger partial charge < -0.3 is 14.5 Å². The summed E-state index contributed by atoms with van der Waals surface area (Å²) in [5.41, 5.74) is 1.74. The van der Waals surface area contributed by atoms with E-state index in [9.17, 15) is 13.8 Å². The van der Waals surface area contributed by atoms with E-state index in [-0.39, 0.29) is 12.0 Å². The first kappa shape index (κ1) is 22.6. The van der Waals surface area contributed by atoms with Crippen molar-refractivity contribution >= 4 is 29.0 Å². The molecule has 0 radical (unpaired) electrons. The minimum Gasteiger partial charge on any atom is -0.449 e. The number of hydrogen-bond acceptors (Lipinski definition) is 4. The van der Waals surface area contributed by atoms with Crippen molar-refractivity contribution in [2.45, 2.75) is 45.4 Å². The Kier molecular flexibility index (Phi) is 8.09. The first-order valence-electron chi connectivity index (χ1n) is 10.6. The standard InChI is InChI=1S/C21H31N3O5S/c1-16-15-18(7-8-19(16)22-30(27)28)20(25)23-10-12-24(13-11-23)21(26)29-14-9-17-5-3-2-4-6-17/h7-8,15,17,22H,2-6,9-14H2,1H3,(H,27,28). The van der Waals surface area contributed by atoms with Gasteiger partial charge in [-0.2, -0.15) is 0 Å². The van der Waals surface area contributed by atoms with Gasteiger partial charge in [-0.05, 0) is 43.0 Å². The van der Waals surface area contributed by atoms with Crippen molar-refractivity contribution in [3.63, 3.8) is 0 Å². The van der Waals surface area contributed by atoms with E-state index < -0.39 is 11.3 Å². The van der Waals surface area contributed by atoms with Gasteiger partial charge in [0.15, 0.2) is 0 Å². The maximum atomic E-state index is 12.8. The van der Waals surface area contributed by atoms with Crippen LogP contribution in [0.25, 0.3) is 0 Å². The van der Waals surface area contributed by atoms with Gasteiger partial charge in [0.25, 0.3) is 17.2 Å². The summed E-state index contributed by atoms with van der Waals surface area (Å²) in [5, 5.41) is 0. The van der Waals surface area contributed by atoms with Crippen molar-refractivity contribution in [3.05, 3.63) is 29.3 Å². The molecule has 1 aliphatic carbocycles. The van der Waals surface area contributed by atoms with E-state index in [1.165, 1.54) is 32.1 Å². The highest BCUT2D eigenvalue weighted by Crippen LogP contribution is 2.26. The molecule has 1 heterocycles. The number of nitrogens with zero attached hydrogens (tertiary/aromatic N) is 2. The topological polar surface area (TPSA) is 99.2 Å². The monoisotopic (exact) mass is 437 g/mol. The van der Waals surface area contributed by atoms with E-state index in [4.69, 9.17) is 9.29 Å². The second kappa shape index (κ2) is 10.8. The molecule has 8 nitrogen and oxygen atoms in total. The van der Waals surface area contributed by atoms with Crippen LogP contribution in [0.5, 0.6) is 0 Å². The zero-order valence-electron chi connectivity index (χ0n) is 17.5. The quantitative estimate of drug-likeness (QED) is 0.665. The minimum absolute atomic E-state index is 0.111. The van der Waals surface area contributed by atoms with Crippen LogP contribution in [0.2, 0.25) is 0 Å². The van der Waals surface area contributed by atoms with Crippen molar-refractivity contribution in [3.8, 4) is 0 Å². The third-order valence-electron chi connectivity index (χ3n) is 5.97. The number of carbonyl (C=O) groups is 2. The Morgan fingerprint density at radius 3 is 2.43 bits per heavy atom. The van der Waals surface area contributed by atoms with Gasteiger partial charge in [0.05, 0.1) is 12.3 Å². The maximum absolute atomic E-state index is 12.8. The predicted octanol–water partition coefficient (Wildman–Crippen LogP) is 3.41. The van der Waals surface area contributed by atoms with Crippen LogP contribution in [0.4, 0.5) is 10.5 Å². The van der Waals surface area contributed by atoms with Gasteiger partial charge >= 0.3 is 6.09 Å². The SMILES string of the molecule is Cc1cc(C(=O)N2CCN(C(=O)OCCC3CCCCC3)CC2)ccc1NS(=O)O. The molecule has 3 rings (SSSR count). The van der Waals surface area contributed by atoms with Crippen molar-refractivity contribution in [1.82, 2.24) is 9.80 Å². The summed E-state index contributed by atoms with van der Waals surface area (Å²) >= 11 is -2.16. The molecule has 1 atom stereocenters. The molecule has 1 aromatic rings. The molecule has 2 aliphatic rings. The van der Waals surface area contributed by atoms with Gasteiger partial charge in [-0.3, -0.25) is 14.1 Å². The number of hydrogen-bond donors (Lipinski definition) is 2. The molecule has 1 saturated heterocycles. The Morgan fingerprint density at radius 1 is 1.13 bits per heavy atom. The number of benzene rings is 1. The van der Waals surface area contributed by atoms with E-state index >= 15 is 0 Å². The first-order chi connectivity index (χ1) is 14.4. The van der Waals surface area contributed by atoms with Crippen LogP contribution in [-0.4, -0.2) is 63.3 Å². The Balaban J connectivity index is 1.44. The average molecular weight is 438 g/mol. The van der Waals surface area contributed by atoms with Gasteiger partial charge in [0.1, 0.15) is 0 Å². The van der Waals surface area contributed by atoms with E-state index in [1.54, 1.807) is 34.9 Å². The molecule has 1 aromatic carbocycles. The summed E-state index contributed by atoms with van der Waals surface area (Å²) in [5.74, 6) is 0.573. The van der Waals surface area contributed by atoms with Crippen LogP contribution < -0.4 is 4.72 Å². The summed E-state index contributed by atoms with van der Waals surface area (Å²) in [6.07, 6.45) is 7.03. The molecule has 1 saturated carbocycles. The normalized spacial score (nSPS) is 18.7. The Hall–Kier alpha value is -2.13. The molecule has 0 bridgehead atoms. The molecule has 166 valence electrons. The van der Waals surface area contributed by atoms with Crippen LogP contribution in [0.3, 0.4) is 0 Å². The van der Waals surface area contributed by atoms with E-state index in [0.717, 1.165) is 6.42 Å². The van der Waals surface area contributed by atoms with Crippen molar-refractivity contribution in [2.24, 2.45) is 5.92 Å². The van der Waals surface area contributed by atoms with Crippen LogP contribution in [0.15, 0.2) is 18.2 Å². The summed E-state index contributed by atoms with van der Waals surface area (Å²) < 4.78 is 27.7. The van der Waals surface area contributed by atoms with Gasteiger partial charge in [0.2, 0.25) is 0 Å². The number of piperazine rings is 1. The first-order valence-corrected chi connectivity index (χ1v) is 11.7. The van der Waals surface area contributed by atoms with Crippen LogP contribution in [-0.2, 0) is 16.0 Å². The molecular weight excluding hydrogens is 406 g/mol. The highest BCUT2D eigenvalue weighted by molar-refractivity contribution is 7.80. The Labute approximate surface area is 180 Å². The number of amides is 2. The zero-order chi connectivity index (χ0) is 21.5. The fourth-order valence-corrected chi connectivity index (χ4v) is 4.58. The zero-order valence-corrected chi connectivity index (χ0v) is 18.3. The van der Waals surface area contributed by atoms with Crippen LogP contribution in [0.1, 0.15) is 54.4 Å². The lowest BCUT2D eigenvalue weighted by molar-refractivity contribution is 0.0543. The van der Waals surface area contributed by atoms with Gasteiger partial charge in [-0.25, -0.2) is 9.00 Å². The minimum atomic E-state index is -2.16. The second-order valence-electron chi connectivity index (χ2n) is 8.07. The summed E-state index contributed by atoms with van der Waals surface area (Å²) in [7, 11) is 0. The Morgan fingerprint density at radius 2 is 1.80 bits per heavy atom. The average Bonchev–Trinajstić information content (AvgIpc) is 2.75. The number of ether oxygens (including phenoxy) is 1. The molecule has 1 unspecified atom stereocenters.